The molecule has 50 heavy (non-hydrogen) atoms. The lowest BCUT2D eigenvalue weighted by atomic mass is 9.96. The Bertz CT molecular complexity index is 2790. The van der Waals surface area contributed by atoms with Gasteiger partial charge in [0.25, 0.3) is 0 Å². The zero-order chi connectivity index (χ0) is 33.0. The molecule has 0 N–H and O–H groups in total. The second kappa shape index (κ2) is 11.4. The van der Waals surface area contributed by atoms with Gasteiger partial charge in [-0.05, 0) is 78.8 Å². The number of pyridine rings is 2. The molecule has 10 aromatic rings. The normalized spacial score (nSPS) is 11.6. The maximum atomic E-state index is 5.26. The number of fused-ring (bicyclic) bond motifs is 7. The highest BCUT2D eigenvalue weighted by atomic mass is 15.0. The molecule has 10 rings (SSSR count). The molecule has 0 aliphatic carbocycles. The summed E-state index contributed by atoms with van der Waals surface area (Å²) < 4.78 is 0. The van der Waals surface area contributed by atoms with Crippen LogP contribution in [0.25, 0.3) is 99.3 Å². The van der Waals surface area contributed by atoms with Crippen molar-refractivity contribution in [1.29, 1.82) is 0 Å². The van der Waals surface area contributed by atoms with Crippen molar-refractivity contribution in [2.24, 2.45) is 0 Å². The number of aromatic nitrogens is 5. The molecular weight excluding hydrogens is 611 g/mol. The monoisotopic (exact) mass is 637 g/mol. The van der Waals surface area contributed by atoms with Gasteiger partial charge in [-0.15, -0.1) is 0 Å². The standard InChI is InChI=1S/C45H27N5/c1-3-13-32-29(10-1)24-39(36-17-7-5-15-34(32)36)44-48-43(31-20-21-42(47-26-31)38-19-9-12-28-22-23-46-27-41(28)38)49-45(50-44)40-25-30-11-2-4-14-33(30)35-16-6-8-18-37(35)40/h1-27H. The summed E-state index contributed by atoms with van der Waals surface area (Å²) in [5.74, 6) is 1.81. The average molecular weight is 638 g/mol. The van der Waals surface area contributed by atoms with Crippen LogP contribution in [0.5, 0.6) is 0 Å². The molecule has 3 aromatic heterocycles. The summed E-state index contributed by atoms with van der Waals surface area (Å²) in [6, 6.07) is 50.7. The molecular formula is C45H27N5. The van der Waals surface area contributed by atoms with Crippen LogP contribution in [0.4, 0.5) is 0 Å². The fourth-order valence-electron chi connectivity index (χ4n) is 7.25. The number of hydrogen-bond donors (Lipinski definition) is 0. The van der Waals surface area contributed by atoms with Gasteiger partial charge in [-0.1, -0.05) is 115 Å². The first-order chi connectivity index (χ1) is 24.8. The van der Waals surface area contributed by atoms with Gasteiger partial charge in [-0.2, -0.15) is 0 Å². The van der Waals surface area contributed by atoms with E-state index in [1.165, 1.54) is 10.8 Å². The fourth-order valence-corrected chi connectivity index (χ4v) is 7.25. The Labute approximate surface area is 287 Å². The van der Waals surface area contributed by atoms with Crippen LogP contribution in [0.2, 0.25) is 0 Å². The largest absolute Gasteiger partial charge is 0.264 e. The topological polar surface area (TPSA) is 64.5 Å². The predicted octanol–water partition coefficient (Wildman–Crippen LogP) is 11.1. The van der Waals surface area contributed by atoms with Gasteiger partial charge in [0.1, 0.15) is 0 Å². The van der Waals surface area contributed by atoms with Gasteiger partial charge in [-0.3, -0.25) is 9.97 Å². The summed E-state index contributed by atoms with van der Waals surface area (Å²) in [6.07, 6.45) is 5.58. The molecule has 0 atom stereocenters. The van der Waals surface area contributed by atoms with Crippen molar-refractivity contribution in [2.75, 3.05) is 0 Å². The smallest absolute Gasteiger partial charge is 0.165 e. The molecule has 0 unspecified atom stereocenters. The Balaban J connectivity index is 1.22. The van der Waals surface area contributed by atoms with Crippen LogP contribution < -0.4 is 0 Å². The zero-order valence-corrected chi connectivity index (χ0v) is 26.8. The molecule has 0 amide bonds. The zero-order valence-electron chi connectivity index (χ0n) is 26.8. The maximum absolute atomic E-state index is 5.26. The van der Waals surface area contributed by atoms with Gasteiger partial charge in [0.05, 0.1) is 5.69 Å². The minimum absolute atomic E-state index is 0.568. The number of hydrogen-bond acceptors (Lipinski definition) is 5. The Morgan fingerprint density at radius 2 is 0.880 bits per heavy atom. The van der Waals surface area contributed by atoms with Crippen molar-refractivity contribution in [3.8, 4) is 45.4 Å². The van der Waals surface area contributed by atoms with Crippen molar-refractivity contribution in [1.82, 2.24) is 24.9 Å². The number of benzene rings is 7. The van der Waals surface area contributed by atoms with Crippen molar-refractivity contribution in [3.63, 3.8) is 0 Å². The lowest BCUT2D eigenvalue weighted by Crippen LogP contribution is -2.02. The van der Waals surface area contributed by atoms with Gasteiger partial charge in [0, 0.05) is 46.2 Å². The van der Waals surface area contributed by atoms with Crippen LogP contribution in [-0.4, -0.2) is 24.9 Å². The Hall–Kier alpha value is -6.85. The van der Waals surface area contributed by atoms with E-state index in [1.54, 1.807) is 0 Å². The quantitative estimate of drug-likeness (QED) is 0.180. The van der Waals surface area contributed by atoms with E-state index in [9.17, 15) is 0 Å². The summed E-state index contributed by atoms with van der Waals surface area (Å²) in [6.45, 7) is 0. The molecule has 5 heteroatoms. The first-order valence-electron chi connectivity index (χ1n) is 16.7. The Morgan fingerprint density at radius 3 is 1.48 bits per heavy atom. The molecule has 5 nitrogen and oxygen atoms in total. The molecule has 0 saturated carbocycles. The molecule has 0 fully saturated rings. The molecule has 0 bridgehead atoms. The van der Waals surface area contributed by atoms with Crippen molar-refractivity contribution in [2.45, 2.75) is 0 Å². The van der Waals surface area contributed by atoms with Crippen molar-refractivity contribution in [3.05, 3.63) is 164 Å². The second-order valence-electron chi connectivity index (χ2n) is 12.5. The van der Waals surface area contributed by atoms with E-state index in [-0.39, 0.29) is 0 Å². The van der Waals surface area contributed by atoms with Crippen LogP contribution >= 0.6 is 0 Å². The minimum Gasteiger partial charge on any atom is -0.264 e. The van der Waals surface area contributed by atoms with Crippen LogP contribution in [0.15, 0.2) is 164 Å². The van der Waals surface area contributed by atoms with Crippen LogP contribution in [0.3, 0.4) is 0 Å². The fraction of sp³-hybridized carbons (Fsp3) is 0. The third kappa shape index (κ3) is 4.60. The highest BCUT2D eigenvalue weighted by Gasteiger charge is 2.18. The Morgan fingerprint density at radius 1 is 0.340 bits per heavy atom. The average Bonchev–Trinajstić information content (AvgIpc) is 3.20. The first-order valence-corrected chi connectivity index (χ1v) is 16.7. The summed E-state index contributed by atoms with van der Waals surface area (Å²) in [4.78, 5) is 24.9. The molecule has 0 aliphatic heterocycles. The highest BCUT2D eigenvalue weighted by Crippen LogP contribution is 2.38. The molecule has 232 valence electrons. The first kappa shape index (κ1) is 28.2. The predicted molar refractivity (Wildman–Crippen MR) is 205 cm³/mol. The van der Waals surface area contributed by atoms with Gasteiger partial charge >= 0.3 is 0 Å². The van der Waals surface area contributed by atoms with E-state index in [0.717, 1.165) is 71.0 Å². The molecule has 3 heterocycles. The SMILES string of the molecule is c1cc(-c2ccc(-c3nc(-c4cc5ccccc5c5ccccc45)nc(-c4cc5ccccc5c5ccccc45)n3)cn2)c2cnccc2c1. The second-order valence-corrected chi connectivity index (χ2v) is 12.5. The van der Waals surface area contributed by atoms with Crippen molar-refractivity contribution >= 4 is 53.9 Å². The van der Waals surface area contributed by atoms with Crippen molar-refractivity contribution < 1.29 is 0 Å². The van der Waals surface area contributed by atoms with E-state index in [1.807, 2.05) is 30.7 Å². The van der Waals surface area contributed by atoms with E-state index in [2.05, 4.69) is 138 Å². The van der Waals surface area contributed by atoms with Crippen LogP contribution in [-0.2, 0) is 0 Å². The summed E-state index contributed by atoms with van der Waals surface area (Å²) in [7, 11) is 0. The summed E-state index contributed by atoms with van der Waals surface area (Å²) in [5, 5.41) is 11.4. The van der Waals surface area contributed by atoms with E-state index in [0.29, 0.717) is 17.5 Å². The minimum atomic E-state index is 0.568. The molecule has 0 saturated heterocycles. The lowest BCUT2D eigenvalue weighted by molar-refractivity contribution is 1.08. The van der Waals surface area contributed by atoms with E-state index in [4.69, 9.17) is 19.9 Å². The number of rotatable bonds is 4. The van der Waals surface area contributed by atoms with E-state index >= 15 is 0 Å². The molecule has 0 radical (unpaired) electrons. The third-order valence-corrected chi connectivity index (χ3v) is 9.63. The Kier molecular flexibility index (Phi) is 6.42. The number of nitrogens with zero attached hydrogens (tertiary/aromatic N) is 5. The summed E-state index contributed by atoms with van der Waals surface area (Å²) >= 11 is 0. The molecule has 0 aliphatic rings. The highest BCUT2D eigenvalue weighted by molar-refractivity contribution is 6.14. The summed E-state index contributed by atoms with van der Waals surface area (Å²) in [5.41, 5.74) is 4.63. The van der Waals surface area contributed by atoms with Crippen LogP contribution in [0, 0.1) is 0 Å². The van der Waals surface area contributed by atoms with Gasteiger partial charge < -0.3 is 0 Å². The molecule has 7 aromatic carbocycles. The van der Waals surface area contributed by atoms with Gasteiger partial charge in [0.15, 0.2) is 17.5 Å². The van der Waals surface area contributed by atoms with Gasteiger partial charge in [-0.25, -0.2) is 15.0 Å². The third-order valence-electron chi connectivity index (χ3n) is 9.63. The maximum Gasteiger partial charge on any atom is 0.165 e. The van der Waals surface area contributed by atoms with E-state index < -0.39 is 0 Å². The molecule has 0 spiro atoms. The van der Waals surface area contributed by atoms with Crippen LogP contribution in [0.1, 0.15) is 0 Å². The van der Waals surface area contributed by atoms with Gasteiger partial charge in [0.2, 0.25) is 0 Å². The lowest BCUT2D eigenvalue weighted by Gasteiger charge is -2.14.